The van der Waals surface area contributed by atoms with E-state index in [2.05, 4.69) is 26.6 Å². The molecule has 8 rings (SSSR count). The number of ketones is 2. The van der Waals surface area contributed by atoms with Crippen LogP contribution in [0.5, 0.6) is 17.2 Å². The molecule has 0 saturated carbocycles. The Balaban J connectivity index is 1.00. The van der Waals surface area contributed by atoms with Gasteiger partial charge in [0.2, 0.25) is 29.4 Å². The molecule has 0 spiro atoms. The molecule has 30 heteroatoms. The Morgan fingerprint density at radius 2 is 1.60 bits per heavy atom. The minimum Gasteiger partial charge on any atom is -0.507 e. The number of hydrogen-bond acceptors (Lipinski definition) is 24. The second kappa shape index (κ2) is 26.2. The molecule has 1 unspecified atom stereocenters. The van der Waals surface area contributed by atoms with Crippen LogP contribution in [0.1, 0.15) is 96.9 Å². The second-order valence-electron chi connectivity index (χ2n) is 21.1. The zero-order chi connectivity index (χ0) is 61.2. The third-order valence-electron chi connectivity index (χ3n) is 15.4. The third-order valence-corrected chi connectivity index (χ3v) is 15.4. The first-order valence-electron chi connectivity index (χ1n) is 27.4. The van der Waals surface area contributed by atoms with E-state index < -0.39 is 220 Å². The van der Waals surface area contributed by atoms with Gasteiger partial charge < -0.3 is 105 Å². The molecular weight excluding hydrogens is 1100 g/mol. The van der Waals surface area contributed by atoms with E-state index in [0.29, 0.717) is 13.2 Å². The van der Waals surface area contributed by atoms with Crippen molar-refractivity contribution in [2.75, 3.05) is 60.2 Å². The normalized spacial score (nSPS) is 30.4. The molecule has 2 aromatic rings. The Hall–Kier alpha value is -6.52. The molecule has 13 N–H and O–H groups in total. The number of phenolic OH excluding ortho intramolecular Hbond substituents is 2. The van der Waals surface area contributed by atoms with Crippen molar-refractivity contribution in [2.45, 2.75) is 144 Å². The van der Waals surface area contributed by atoms with Gasteiger partial charge in [0.05, 0.1) is 68.8 Å². The Kier molecular flexibility index (Phi) is 19.3. The summed E-state index contributed by atoms with van der Waals surface area (Å²) in [6.45, 7) is 2.21. The molecule has 4 saturated heterocycles. The molecule has 30 nitrogen and oxygen atoms in total. The zero-order valence-electron chi connectivity index (χ0n) is 46.8. The number of methoxy groups -OCH3 is 2. The number of aliphatic hydroxyl groups excluding tert-OH is 4. The Morgan fingerprint density at radius 1 is 0.880 bits per heavy atom. The van der Waals surface area contributed by atoms with Crippen molar-refractivity contribution < 1.29 is 118 Å². The van der Waals surface area contributed by atoms with Crippen molar-refractivity contribution in [1.29, 1.82) is 0 Å². The molecule has 0 bridgehead atoms. The van der Waals surface area contributed by atoms with Crippen LogP contribution in [0.25, 0.3) is 0 Å². The molecule has 0 aromatic heterocycles. The summed E-state index contributed by atoms with van der Waals surface area (Å²) >= 11 is 0. The lowest BCUT2D eigenvalue weighted by Gasteiger charge is -2.43. The lowest BCUT2D eigenvalue weighted by molar-refractivity contribution is -0.301. The van der Waals surface area contributed by atoms with Crippen LogP contribution in [0.2, 0.25) is 0 Å². The number of hydrogen-bond donors (Lipinski definition) is 13. The first kappa shape index (κ1) is 61.1. The molecule has 2 aliphatic carbocycles. The molecule has 4 fully saturated rings. The molecule has 16 atom stereocenters. The van der Waals surface area contributed by atoms with Gasteiger partial charge in [-0.3, -0.25) is 43.3 Å². The maximum atomic E-state index is 14.4. The van der Waals surface area contributed by atoms with E-state index in [1.807, 2.05) is 4.90 Å². The number of nitrogens with one attached hydrogen (secondary N) is 5. The van der Waals surface area contributed by atoms with E-state index in [9.17, 15) is 74.1 Å². The maximum absolute atomic E-state index is 14.4. The third kappa shape index (κ3) is 12.9. The average molecular weight is 1180 g/mol. The number of aliphatic hydroxyl groups is 5. The SMILES string of the molecule is [3H]C(CC(=O)O)C(=O)NCC(=O)N[C@H](C(=O)N[C@@H](CO[C@@H]1O[C@H](CO)[C@@H](O)[C@H](O)[C@H]1O)C(=O)NCCNC(=O)[C@]1(O)Cc2c(O)c3c(c(O)c2[C@@H](O[C@@H]2C[C@H]4[C@H](O[C@@H]5[C@@H](OC)OCCN54)[C@H](C)O2)C1)C(=O)c1c(OC)cccc1C3=O)C(C)C. The van der Waals surface area contributed by atoms with Crippen LogP contribution in [0.3, 0.4) is 0 Å². The largest absolute Gasteiger partial charge is 0.507 e. The molecule has 5 amide bonds. The van der Waals surface area contributed by atoms with Gasteiger partial charge in [0, 0.05) is 76.5 Å². The summed E-state index contributed by atoms with van der Waals surface area (Å²) in [4.78, 5) is 109. The maximum Gasteiger partial charge on any atom is 0.303 e. The van der Waals surface area contributed by atoms with E-state index >= 15 is 0 Å². The van der Waals surface area contributed by atoms with Crippen LogP contribution in [0.15, 0.2) is 18.2 Å². The van der Waals surface area contributed by atoms with Crippen molar-refractivity contribution in [2.24, 2.45) is 5.92 Å². The number of nitrogens with zero attached hydrogens (tertiary/aromatic N) is 1. The Bertz CT molecular complexity index is 2860. The standard InChI is InChI=1S/C53H70N6O24/c1-21(2)38(58-31(62)18-56-30(61)9-10-32(63)64)48(73)57-25(20-79-50-45(71)44(70)41(67)29(19-60)82-50)47(72)54-11-12-55-52(74)53(75)16-24-35(43(69)37-36(40(24)66)39(65)23-7-6-8-27(76-4)34(23)42(37)68)28(17-53)81-33-15-26-46(22(3)80-33)83-49-51(77-5)78-14-13-59(26)49/h6-8,21-22,25-26,28-29,33,38,41,44-46,49-51,60,66-67,69-71,75H,9-20H2,1-5H3,(H,54,72)(H,55,74)(H,56,61)(H,57,73)(H,58,62)(H,63,64)/t22-,25-,26-,28-,29+,33+,38-,41+,44-,45+,46+,49+,50+,51-,53-/m0/s1/i9T/t9?,22-,25-,26-,28-,29+,33+,38-,41+,44-,45+,46+,49+,50+,51-,53-. The van der Waals surface area contributed by atoms with Crippen molar-refractivity contribution in [3.05, 3.63) is 51.6 Å². The van der Waals surface area contributed by atoms with Crippen LogP contribution in [-0.2, 0) is 68.3 Å². The summed E-state index contributed by atoms with van der Waals surface area (Å²) in [7, 11) is 2.77. The molecule has 4 aliphatic heterocycles. The van der Waals surface area contributed by atoms with Gasteiger partial charge in [0.15, 0.2) is 30.9 Å². The molecule has 4 heterocycles. The number of aliphatic carboxylic acids is 1. The van der Waals surface area contributed by atoms with E-state index in [1.165, 1.54) is 46.3 Å². The number of carbonyl (C=O) groups excluding carboxylic acids is 7. The van der Waals surface area contributed by atoms with E-state index in [4.69, 9.17) is 44.4 Å². The van der Waals surface area contributed by atoms with Crippen LogP contribution in [0, 0.1) is 5.92 Å². The average Bonchev–Trinajstić information content (AvgIpc) is 1.40. The highest BCUT2D eigenvalue weighted by atomic mass is 16.7. The number of carboxylic acids is 1. The first-order chi connectivity index (χ1) is 39.8. The lowest BCUT2D eigenvalue weighted by atomic mass is 9.72. The summed E-state index contributed by atoms with van der Waals surface area (Å²) in [5.41, 5.74) is -4.52. The highest BCUT2D eigenvalue weighted by Crippen LogP contribution is 2.53. The predicted molar refractivity (Wildman–Crippen MR) is 276 cm³/mol. The van der Waals surface area contributed by atoms with E-state index in [-0.39, 0.29) is 40.5 Å². The topological polar surface area (TPSA) is 436 Å². The zero-order valence-corrected chi connectivity index (χ0v) is 45.8. The second-order valence-corrected chi connectivity index (χ2v) is 21.1. The monoisotopic (exact) mass is 1180 g/mol. The van der Waals surface area contributed by atoms with Gasteiger partial charge in [0.25, 0.3) is 5.91 Å². The van der Waals surface area contributed by atoms with Gasteiger partial charge in [-0.15, -0.1) is 0 Å². The highest BCUT2D eigenvalue weighted by Gasteiger charge is 2.56. The number of phenols is 2. The number of carboxylic acid groups (broad SMARTS) is 1. The smallest absolute Gasteiger partial charge is 0.303 e. The number of amides is 5. The number of aromatic hydroxyl groups is 2. The molecule has 0 radical (unpaired) electrons. The fourth-order valence-electron chi connectivity index (χ4n) is 11.2. The summed E-state index contributed by atoms with van der Waals surface area (Å²) in [5.74, 6) is -10.6. The fraction of sp³-hybridized carbons (Fsp3) is 0.623. The van der Waals surface area contributed by atoms with Gasteiger partial charge in [-0.2, -0.15) is 0 Å². The van der Waals surface area contributed by atoms with Crippen LogP contribution >= 0.6 is 0 Å². The molecule has 6 aliphatic rings. The fourth-order valence-corrected chi connectivity index (χ4v) is 11.2. The van der Waals surface area contributed by atoms with Crippen molar-refractivity contribution in [3.8, 4) is 17.2 Å². The predicted octanol–water partition coefficient (Wildman–Crippen LogP) is -4.19. The molecule has 2 aromatic carbocycles. The van der Waals surface area contributed by atoms with Crippen molar-refractivity contribution in [1.82, 2.24) is 31.5 Å². The summed E-state index contributed by atoms with van der Waals surface area (Å²) in [6.07, 6.45) is -17.7. The van der Waals surface area contributed by atoms with Crippen molar-refractivity contribution >= 4 is 47.1 Å². The number of benzene rings is 2. The number of ether oxygens (including phenoxy) is 8. The van der Waals surface area contributed by atoms with Crippen molar-refractivity contribution in [3.63, 3.8) is 0 Å². The number of morpholine rings is 1. The number of fused-ring (bicyclic) bond motifs is 6. The van der Waals surface area contributed by atoms with E-state index in [0.717, 1.165) is 0 Å². The Labute approximate surface area is 475 Å². The highest BCUT2D eigenvalue weighted by molar-refractivity contribution is 6.31. The van der Waals surface area contributed by atoms with Gasteiger partial charge in [0.1, 0.15) is 65.5 Å². The minimum absolute atomic E-state index is 0.0176. The van der Waals surface area contributed by atoms with Gasteiger partial charge >= 0.3 is 5.97 Å². The number of carbonyl (C=O) groups is 8. The van der Waals surface area contributed by atoms with Gasteiger partial charge in [-0.25, -0.2) is 0 Å². The summed E-state index contributed by atoms with van der Waals surface area (Å²) in [6, 6.07) is 0.738. The van der Waals surface area contributed by atoms with Gasteiger partial charge in [-0.05, 0) is 18.9 Å². The lowest BCUT2D eigenvalue weighted by Crippen LogP contribution is -2.61. The summed E-state index contributed by atoms with van der Waals surface area (Å²) < 4.78 is 54.6. The van der Waals surface area contributed by atoms with Crippen LogP contribution in [-0.4, -0.2) is 238 Å². The number of rotatable bonds is 22. The van der Waals surface area contributed by atoms with Gasteiger partial charge in [-0.1, -0.05) is 26.0 Å². The summed E-state index contributed by atoms with van der Waals surface area (Å²) in [5, 5.41) is 98.6. The molecule has 456 valence electrons. The first-order valence-corrected chi connectivity index (χ1v) is 26.8. The molecular formula is C53H70N6O24. The van der Waals surface area contributed by atoms with E-state index in [1.54, 1.807) is 6.92 Å². The quantitative estimate of drug-likeness (QED) is 0.0335. The Morgan fingerprint density at radius 3 is 2.29 bits per heavy atom. The van der Waals surface area contributed by atoms with Crippen LogP contribution in [0.4, 0.5) is 0 Å². The molecule has 83 heavy (non-hydrogen) atoms. The minimum atomic E-state index is -2.53. The van der Waals surface area contributed by atoms with Crippen LogP contribution < -0.4 is 31.3 Å².